The molecule has 1 aliphatic rings. The van der Waals surface area contributed by atoms with Crippen LogP contribution < -0.4 is 10.6 Å². The highest BCUT2D eigenvalue weighted by atomic mass is 32.1. The van der Waals surface area contributed by atoms with Gasteiger partial charge in [-0.3, -0.25) is 10.1 Å². The Bertz CT molecular complexity index is 885. The van der Waals surface area contributed by atoms with Crippen molar-refractivity contribution in [2.24, 2.45) is 10.9 Å². The summed E-state index contributed by atoms with van der Waals surface area (Å²) in [6.07, 6.45) is 1.74. The normalized spacial score (nSPS) is 18.6. The van der Waals surface area contributed by atoms with Crippen LogP contribution in [0.2, 0.25) is 0 Å². The number of esters is 1. The van der Waals surface area contributed by atoms with Crippen LogP contribution in [0.1, 0.15) is 19.4 Å². The lowest BCUT2D eigenvalue weighted by atomic mass is 10.1. The molecule has 1 aromatic heterocycles. The molecule has 0 aliphatic carbocycles. The van der Waals surface area contributed by atoms with E-state index in [-0.39, 0.29) is 17.8 Å². The van der Waals surface area contributed by atoms with E-state index < -0.39 is 12.0 Å². The number of nitrogens with one attached hydrogen (secondary N) is 2. The quantitative estimate of drug-likeness (QED) is 0.643. The molecule has 0 unspecified atom stereocenters. The third-order valence-electron chi connectivity index (χ3n) is 3.74. The molecule has 1 saturated heterocycles. The Hall–Kier alpha value is -2.74. The molecule has 2 N–H and O–H groups in total. The maximum Gasteiger partial charge on any atom is 0.330 e. The number of benzene rings is 1. The van der Waals surface area contributed by atoms with Crippen LogP contribution >= 0.6 is 11.3 Å². The van der Waals surface area contributed by atoms with E-state index in [0.717, 1.165) is 15.8 Å². The molecular formula is C17H18N4O3S. The zero-order valence-corrected chi connectivity index (χ0v) is 14.9. The summed E-state index contributed by atoms with van der Waals surface area (Å²) in [6.45, 7) is 3.73. The van der Waals surface area contributed by atoms with Crippen molar-refractivity contribution >= 4 is 45.5 Å². The van der Waals surface area contributed by atoms with Gasteiger partial charge in [0.1, 0.15) is 5.70 Å². The number of guanidine groups is 1. The SMILES string of the molecule is COC(=O)[C@@H](N=C1NC(=O)/C(=C/c2ccc3ncsc3c2)N1)C(C)C. The first-order chi connectivity index (χ1) is 12.0. The molecule has 130 valence electrons. The van der Waals surface area contributed by atoms with E-state index in [1.165, 1.54) is 7.11 Å². The highest BCUT2D eigenvalue weighted by Crippen LogP contribution is 2.20. The third kappa shape index (κ3) is 3.69. The molecule has 1 aromatic carbocycles. The van der Waals surface area contributed by atoms with Crippen LogP contribution in [0.25, 0.3) is 16.3 Å². The van der Waals surface area contributed by atoms with Gasteiger partial charge in [-0.1, -0.05) is 19.9 Å². The first kappa shape index (κ1) is 17.1. The van der Waals surface area contributed by atoms with E-state index in [1.807, 2.05) is 32.0 Å². The second kappa shape index (κ2) is 7.02. The number of nitrogens with zero attached hydrogens (tertiary/aromatic N) is 2. The monoisotopic (exact) mass is 358 g/mol. The zero-order valence-electron chi connectivity index (χ0n) is 14.1. The van der Waals surface area contributed by atoms with E-state index in [1.54, 1.807) is 22.9 Å². The van der Waals surface area contributed by atoms with E-state index >= 15 is 0 Å². The van der Waals surface area contributed by atoms with Gasteiger partial charge in [-0.15, -0.1) is 11.3 Å². The summed E-state index contributed by atoms with van der Waals surface area (Å²) >= 11 is 1.54. The number of aromatic nitrogens is 1. The number of thiazole rings is 1. The fraction of sp³-hybridized carbons (Fsp3) is 0.294. The summed E-state index contributed by atoms with van der Waals surface area (Å²) < 4.78 is 5.81. The maximum absolute atomic E-state index is 12.1. The summed E-state index contributed by atoms with van der Waals surface area (Å²) in [4.78, 5) is 32.5. The second-order valence-electron chi connectivity index (χ2n) is 5.91. The Morgan fingerprint density at radius 3 is 2.88 bits per heavy atom. The van der Waals surface area contributed by atoms with Crippen LogP contribution in [0.15, 0.2) is 34.4 Å². The average molecular weight is 358 g/mol. The molecule has 1 atom stereocenters. The fourth-order valence-electron chi connectivity index (χ4n) is 2.42. The summed E-state index contributed by atoms with van der Waals surface area (Å²) in [5.74, 6) is -0.540. The van der Waals surface area contributed by atoms with Crippen molar-refractivity contribution in [1.29, 1.82) is 0 Å². The number of rotatable bonds is 4. The fourth-order valence-corrected chi connectivity index (χ4v) is 3.14. The second-order valence-corrected chi connectivity index (χ2v) is 6.79. The van der Waals surface area contributed by atoms with Gasteiger partial charge in [0.25, 0.3) is 5.91 Å². The van der Waals surface area contributed by atoms with Crippen LogP contribution in [0.4, 0.5) is 0 Å². The number of fused-ring (bicyclic) bond motifs is 1. The van der Waals surface area contributed by atoms with Gasteiger partial charge >= 0.3 is 5.97 Å². The van der Waals surface area contributed by atoms with Crippen LogP contribution in [0.5, 0.6) is 0 Å². The van der Waals surface area contributed by atoms with Crippen molar-refractivity contribution in [3.63, 3.8) is 0 Å². The molecule has 0 saturated carbocycles. The van der Waals surface area contributed by atoms with Gasteiger partial charge in [0.2, 0.25) is 5.96 Å². The van der Waals surface area contributed by atoms with E-state index in [2.05, 4.69) is 20.6 Å². The largest absolute Gasteiger partial charge is 0.467 e. The van der Waals surface area contributed by atoms with Gasteiger partial charge in [0.05, 0.1) is 22.8 Å². The topological polar surface area (TPSA) is 92.7 Å². The smallest absolute Gasteiger partial charge is 0.330 e. The van der Waals surface area contributed by atoms with E-state index in [4.69, 9.17) is 4.74 Å². The highest BCUT2D eigenvalue weighted by molar-refractivity contribution is 7.16. The number of amides is 1. The van der Waals surface area contributed by atoms with Crippen molar-refractivity contribution < 1.29 is 14.3 Å². The van der Waals surface area contributed by atoms with Gasteiger partial charge in [0, 0.05) is 0 Å². The molecule has 1 amide bonds. The molecule has 2 heterocycles. The number of carbonyl (C=O) groups excluding carboxylic acids is 2. The molecule has 2 aromatic rings. The minimum Gasteiger partial charge on any atom is -0.467 e. The summed E-state index contributed by atoms with van der Waals surface area (Å²) in [5.41, 5.74) is 3.96. The predicted octanol–water partition coefficient (Wildman–Crippen LogP) is 1.91. The molecule has 3 rings (SSSR count). The predicted molar refractivity (Wildman–Crippen MR) is 97.0 cm³/mol. The van der Waals surface area contributed by atoms with Crippen molar-refractivity contribution in [1.82, 2.24) is 15.6 Å². The van der Waals surface area contributed by atoms with Crippen LogP contribution in [-0.2, 0) is 14.3 Å². The van der Waals surface area contributed by atoms with Crippen molar-refractivity contribution in [2.75, 3.05) is 7.11 Å². The highest BCUT2D eigenvalue weighted by Gasteiger charge is 2.27. The average Bonchev–Trinajstić information content (AvgIpc) is 3.18. The Balaban J connectivity index is 1.83. The van der Waals surface area contributed by atoms with Crippen LogP contribution in [0.3, 0.4) is 0 Å². The number of aliphatic imine (C=N–C) groups is 1. The van der Waals surface area contributed by atoms with Gasteiger partial charge in [-0.25, -0.2) is 14.8 Å². The first-order valence-corrected chi connectivity index (χ1v) is 8.65. The third-order valence-corrected chi connectivity index (χ3v) is 4.53. The van der Waals surface area contributed by atoms with Gasteiger partial charge in [-0.05, 0) is 29.7 Å². The zero-order chi connectivity index (χ0) is 18.0. The van der Waals surface area contributed by atoms with Gasteiger partial charge < -0.3 is 10.1 Å². The van der Waals surface area contributed by atoms with E-state index in [0.29, 0.717) is 5.70 Å². The molecule has 0 radical (unpaired) electrons. The van der Waals surface area contributed by atoms with Crippen molar-refractivity contribution in [3.8, 4) is 0 Å². The van der Waals surface area contributed by atoms with Crippen molar-refractivity contribution in [3.05, 3.63) is 35.0 Å². The standard InChI is InChI=1S/C17H18N4O3S/c1-9(2)14(16(23)24-3)20-17-19-12(15(22)21-17)6-10-4-5-11-13(7-10)25-8-18-11/h4-9,14H,1-3H3,(H2,19,20,21,22)/b12-6-/t14-/m0/s1. The first-order valence-electron chi connectivity index (χ1n) is 7.77. The van der Waals surface area contributed by atoms with Crippen LogP contribution in [-0.4, -0.2) is 36.0 Å². The number of ether oxygens (including phenoxy) is 1. The van der Waals surface area contributed by atoms with E-state index in [9.17, 15) is 9.59 Å². The maximum atomic E-state index is 12.1. The molecule has 0 spiro atoms. The Morgan fingerprint density at radius 2 is 2.16 bits per heavy atom. The number of carbonyl (C=O) groups is 2. The molecule has 7 nitrogen and oxygen atoms in total. The number of hydrogen-bond acceptors (Lipinski definition) is 6. The lowest BCUT2D eigenvalue weighted by molar-refractivity contribution is -0.143. The molecule has 8 heteroatoms. The number of hydrogen-bond donors (Lipinski definition) is 2. The summed E-state index contributed by atoms with van der Waals surface area (Å²) in [7, 11) is 1.32. The Kier molecular flexibility index (Phi) is 4.80. The molecule has 1 aliphatic heterocycles. The minimum absolute atomic E-state index is 0.0552. The summed E-state index contributed by atoms with van der Waals surface area (Å²) in [5, 5.41) is 5.56. The summed E-state index contributed by atoms with van der Waals surface area (Å²) in [6, 6.07) is 5.09. The van der Waals surface area contributed by atoms with Gasteiger partial charge in [-0.2, -0.15) is 0 Å². The molecule has 0 bridgehead atoms. The lowest BCUT2D eigenvalue weighted by Gasteiger charge is -2.14. The molecule has 1 fully saturated rings. The Morgan fingerprint density at radius 1 is 1.36 bits per heavy atom. The van der Waals surface area contributed by atoms with Crippen LogP contribution in [0, 0.1) is 5.92 Å². The number of methoxy groups -OCH3 is 1. The van der Waals surface area contributed by atoms with Crippen molar-refractivity contribution in [2.45, 2.75) is 19.9 Å². The molecular weight excluding hydrogens is 340 g/mol. The lowest BCUT2D eigenvalue weighted by Crippen LogP contribution is -2.33. The Labute approximate surface area is 148 Å². The van der Waals surface area contributed by atoms with Gasteiger partial charge in [0.15, 0.2) is 6.04 Å². The molecule has 25 heavy (non-hydrogen) atoms. The minimum atomic E-state index is -0.680.